The zero-order chi connectivity index (χ0) is 8.27. The van der Waals surface area contributed by atoms with Crippen molar-refractivity contribution in [1.29, 1.82) is 0 Å². The van der Waals surface area contributed by atoms with Crippen LogP contribution < -0.4 is 0 Å². The van der Waals surface area contributed by atoms with Crippen LogP contribution in [0.15, 0.2) is 12.3 Å². The monoisotopic (exact) mass is 155 g/mol. The van der Waals surface area contributed by atoms with Gasteiger partial charge in [-0.25, -0.2) is 9.59 Å². The van der Waals surface area contributed by atoms with Crippen LogP contribution in [0.3, 0.4) is 0 Å². The largest absolute Gasteiger partial charge is 0.388 e. The number of hydrogen-bond acceptors (Lipinski definition) is 4. The van der Waals surface area contributed by atoms with Gasteiger partial charge in [-0.15, -0.1) is 0 Å². The Morgan fingerprint density at radius 2 is 2.36 bits per heavy atom. The van der Waals surface area contributed by atoms with Gasteiger partial charge in [0.25, 0.3) is 0 Å². The molecule has 0 unspecified atom stereocenters. The molecule has 0 amide bonds. The summed E-state index contributed by atoms with van der Waals surface area (Å²) in [5.74, 6) is -1.09. The van der Waals surface area contributed by atoms with E-state index < -0.39 is 11.9 Å². The van der Waals surface area contributed by atoms with E-state index in [2.05, 4.69) is 4.74 Å². The molecule has 0 atom stereocenters. The molecule has 0 bridgehead atoms. The predicted molar refractivity (Wildman–Crippen MR) is 37.5 cm³/mol. The quantitative estimate of drug-likeness (QED) is 0.392. The fourth-order valence-corrected chi connectivity index (χ4v) is 0.780. The van der Waals surface area contributed by atoms with Gasteiger partial charge in [0.05, 0.1) is 0 Å². The van der Waals surface area contributed by atoms with Crippen LogP contribution in [0.2, 0.25) is 0 Å². The minimum Gasteiger partial charge on any atom is -0.388 e. The Kier molecular flexibility index (Phi) is 2.25. The first kappa shape index (κ1) is 7.78. The summed E-state index contributed by atoms with van der Waals surface area (Å²) in [7, 11) is 0. The molecule has 0 aromatic rings. The number of ether oxygens (including phenoxy) is 1. The van der Waals surface area contributed by atoms with Crippen molar-refractivity contribution in [3.05, 3.63) is 12.3 Å². The Morgan fingerprint density at radius 1 is 1.64 bits per heavy atom. The maximum absolute atomic E-state index is 10.7. The van der Waals surface area contributed by atoms with Gasteiger partial charge in [0, 0.05) is 18.8 Å². The number of rotatable bonds is 1. The number of nitrogens with zero attached hydrogens (tertiary/aromatic N) is 1. The summed E-state index contributed by atoms with van der Waals surface area (Å²) in [5, 5.41) is 0. The van der Waals surface area contributed by atoms with Crippen molar-refractivity contribution in [3.8, 4) is 0 Å². The standard InChI is InChI=1S/C7H9NO3/c1-2-8-4-3-6(9)11-7(10)5-8/h3-4H,2,5H2,1H3. The number of esters is 2. The van der Waals surface area contributed by atoms with Gasteiger partial charge in [-0.05, 0) is 6.92 Å². The first-order valence-corrected chi connectivity index (χ1v) is 3.39. The second-order valence-corrected chi connectivity index (χ2v) is 2.17. The molecule has 4 heteroatoms. The SMILES string of the molecule is CCN1C=CC(=O)OC(=O)C1. The summed E-state index contributed by atoms with van der Waals surface area (Å²) >= 11 is 0. The van der Waals surface area contributed by atoms with Crippen LogP contribution in [0.4, 0.5) is 0 Å². The molecule has 0 aromatic carbocycles. The van der Waals surface area contributed by atoms with E-state index in [4.69, 9.17) is 0 Å². The predicted octanol–water partition coefficient (Wildman–Crippen LogP) is -0.0946. The maximum Gasteiger partial charge on any atom is 0.339 e. The van der Waals surface area contributed by atoms with Gasteiger partial charge in [-0.2, -0.15) is 0 Å². The highest BCUT2D eigenvalue weighted by Gasteiger charge is 2.14. The Labute approximate surface area is 64.4 Å². The van der Waals surface area contributed by atoms with E-state index in [1.165, 1.54) is 6.08 Å². The van der Waals surface area contributed by atoms with Gasteiger partial charge in [-0.3, -0.25) is 0 Å². The molecule has 0 aliphatic carbocycles. The summed E-state index contributed by atoms with van der Waals surface area (Å²) in [6.45, 7) is 2.74. The highest BCUT2D eigenvalue weighted by atomic mass is 16.6. The lowest BCUT2D eigenvalue weighted by Crippen LogP contribution is -2.24. The molecule has 0 spiro atoms. The van der Waals surface area contributed by atoms with E-state index in [0.717, 1.165) is 0 Å². The lowest BCUT2D eigenvalue weighted by Gasteiger charge is -2.12. The third kappa shape index (κ3) is 2.07. The molecule has 0 aromatic heterocycles. The number of cyclic esters (lactones) is 2. The van der Waals surface area contributed by atoms with Gasteiger partial charge in [0.2, 0.25) is 0 Å². The first-order valence-electron chi connectivity index (χ1n) is 3.39. The zero-order valence-electron chi connectivity index (χ0n) is 6.24. The topological polar surface area (TPSA) is 46.6 Å². The van der Waals surface area contributed by atoms with E-state index in [0.29, 0.717) is 6.54 Å². The van der Waals surface area contributed by atoms with E-state index in [1.54, 1.807) is 11.1 Å². The van der Waals surface area contributed by atoms with Crippen LogP contribution in [-0.2, 0) is 14.3 Å². The highest BCUT2D eigenvalue weighted by molar-refractivity contribution is 5.93. The average Bonchev–Trinajstić information content (AvgIpc) is 2.11. The number of carbonyl (C=O) groups is 2. The highest BCUT2D eigenvalue weighted by Crippen LogP contribution is 1.97. The zero-order valence-corrected chi connectivity index (χ0v) is 6.24. The van der Waals surface area contributed by atoms with Gasteiger partial charge in [-0.1, -0.05) is 0 Å². The normalized spacial score (nSPS) is 18.1. The van der Waals surface area contributed by atoms with Crippen molar-refractivity contribution in [3.63, 3.8) is 0 Å². The lowest BCUT2D eigenvalue weighted by atomic mass is 10.5. The minimum absolute atomic E-state index is 0.152. The minimum atomic E-state index is -0.592. The molecular weight excluding hydrogens is 146 g/mol. The average molecular weight is 155 g/mol. The van der Waals surface area contributed by atoms with Crippen LogP contribution in [0.25, 0.3) is 0 Å². The van der Waals surface area contributed by atoms with E-state index in [1.807, 2.05) is 6.92 Å². The molecule has 0 saturated carbocycles. The summed E-state index contributed by atoms with van der Waals surface area (Å²) < 4.78 is 4.34. The van der Waals surface area contributed by atoms with E-state index >= 15 is 0 Å². The Bertz CT molecular complexity index is 210. The first-order chi connectivity index (χ1) is 5.22. The smallest absolute Gasteiger partial charge is 0.339 e. The molecule has 1 aliphatic heterocycles. The second-order valence-electron chi connectivity index (χ2n) is 2.17. The molecule has 1 rings (SSSR count). The Morgan fingerprint density at radius 3 is 3.00 bits per heavy atom. The fraction of sp³-hybridized carbons (Fsp3) is 0.429. The van der Waals surface area contributed by atoms with Crippen molar-refractivity contribution >= 4 is 11.9 Å². The van der Waals surface area contributed by atoms with E-state index in [9.17, 15) is 9.59 Å². The summed E-state index contributed by atoms with van der Waals surface area (Å²) in [5.41, 5.74) is 0. The van der Waals surface area contributed by atoms with Crippen LogP contribution in [0.1, 0.15) is 6.92 Å². The van der Waals surface area contributed by atoms with Crippen LogP contribution in [0.5, 0.6) is 0 Å². The van der Waals surface area contributed by atoms with Crippen molar-refractivity contribution in [2.75, 3.05) is 13.1 Å². The summed E-state index contributed by atoms with van der Waals surface area (Å²) in [6.07, 6.45) is 2.81. The Hall–Kier alpha value is -1.32. The molecule has 60 valence electrons. The van der Waals surface area contributed by atoms with Gasteiger partial charge < -0.3 is 9.64 Å². The molecule has 1 heterocycles. The van der Waals surface area contributed by atoms with Crippen molar-refractivity contribution < 1.29 is 14.3 Å². The maximum atomic E-state index is 10.7. The molecule has 0 radical (unpaired) electrons. The molecule has 0 saturated heterocycles. The van der Waals surface area contributed by atoms with Gasteiger partial charge in [0.1, 0.15) is 6.54 Å². The molecule has 0 N–H and O–H groups in total. The Balaban J connectivity index is 2.67. The van der Waals surface area contributed by atoms with E-state index in [-0.39, 0.29) is 6.54 Å². The molecule has 4 nitrogen and oxygen atoms in total. The number of carbonyl (C=O) groups excluding carboxylic acids is 2. The fourth-order valence-electron chi connectivity index (χ4n) is 0.780. The van der Waals surface area contributed by atoms with Gasteiger partial charge >= 0.3 is 11.9 Å². The van der Waals surface area contributed by atoms with Gasteiger partial charge in [0.15, 0.2) is 0 Å². The van der Waals surface area contributed by atoms with Crippen LogP contribution >= 0.6 is 0 Å². The molecule has 11 heavy (non-hydrogen) atoms. The van der Waals surface area contributed by atoms with Crippen LogP contribution in [0, 0.1) is 0 Å². The molecule has 1 aliphatic rings. The molecular formula is C7H9NO3. The number of hydrogen-bond donors (Lipinski definition) is 0. The van der Waals surface area contributed by atoms with Crippen molar-refractivity contribution in [2.24, 2.45) is 0 Å². The second kappa shape index (κ2) is 3.18. The third-order valence-electron chi connectivity index (χ3n) is 1.37. The van der Waals surface area contributed by atoms with Crippen LogP contribution in [-0.4, -0.2) is 29.9 Å². The molecule has 0 fully saturated rings. The summed E-state index contributed by atoms with van der Waals surface area (Å²) in [6, 6.07) is 0. The lowest BCUT2D eigenvalue weighted by molar-refractivity contribution is -0.155. The summed E-state index contributed by atoms with van der Waals surface area (Å²) in [4.78, 5) is 23.0. The third-order valence-corrected chi connectivity index (χ3v) is 1.37. The van der Waals surface area contributed by atoms with Crippen molar-refractivity contribution in [1.82, 2.24) is 4.90 Å². The van der Waals surface area contributed by atoms with Crippen molar-refractivity contribution in [2.45, 2.75) is 6.92 Å². The number of likely N-dealkylation sites (N-methyl/N-ethyl adjacent to an activating group) is 1.